The van der Waals surface area contributed by atoms with Gasteiger partial charge in [0.2, 0.25) is 0 Å². The molecule has 0 spiro atoms. The van der Waals surface area contributed by atoms with Gasteiger partial charge >= 0.3 is 5.63 Å². The number of carbonyl (C=O) groups is 1. The number of rotatable bonds is 2. The normalized spacial score (nSPS) is 11.2. The Morgan fingerprint density at radius 2 is 1.92 bits per heavy atom. The summed E-state index contributed by atoms with van der Waals surface area (Å²) in [5.74, 6) is -0.287. The highest BCUT2D eigenvalue weighted by Gasteiger charge is 2.18. The van der Waals surface area contributed by atoms with Crippen molar-refractivity contribution in [2.45, 2.75) is 13.8 Å². The largest absolute Gasteiger partial charge is 0.423 e. The second kappa shape index (κ2) is 6.27. The van der Waals surface area contributed by atoms with Crippen molar-refractivity contribution in [1.82, 2.24) is 0 Å². The number of halogens is 1. The molecule has 0 fully saturated rings. The molecule has 0 radical (unpaired) electrons. The number of fused-ring (bicyclic) bond motifs is 2. The molecule has 2 heterocycles. The second-order valence-corrected chi connectivity index (χ2v) is 7.54. The molecular weight excluding hydrogens is 370 g/mol. The fourth-order valence-electron chi connectivity index (χ4n) is 3.01. The molecule has 0 aliphatic carbocycles. The summed E-state index contributed by atoms with van der Waals surface area (Å²) in [5, 5.41) is 5.04. The third-order valence-corrected chi connectivity index (χ3v) is 5.92. The van der Waals surface area contributed by atoms with Gasteiger partial charge in [0.05, 0.1) is 5.02 Å². The number of carbonyl (C=O) groups excluding carboxylic acids is 1. The van der Waals surface area contributed by atoms with Crippen molar-refractivity contribution in [3.8, 4) is 0 Å². The fourth-order valence-corrected chi connectivity index (χ4v) is 4.59. The number of hydrogen-bond acceptors (Lipinski definition) is 4. The summed E-state index contributed by atoms with van der Waals surface area (Å²) in [7, 11) is 0. The molecule has 4 aromatic rings. The third-order valence-electron chi connectivity index (χ3n) is 4.28. The third kappa shape index (κ3) is 2.79. The Morgan fingerprint density at radius 3 is 2.69 bits per heavy atom. The van der Waals surface area contributed by atoms with Gasteiger partial charge in [0, 0.05) is 33.3 Å². The quantitative estimate of drug-likeness (QED) is 0.463. The van der Waals surface area contributed by atoms with Gasteiger partial charge in [-0.3, -0.25) is 4.79 Å². The summed E-state index contributed by atoms with van der Waals surface area (Å²) in [5.41, 5.74) is 2.43. The summed E-state index contributed by atoms with van der Waals surface area (Å²) < 4.78 is 6.20. The van der Waals surface area contributed by atoms with Crippen LogP contribution < -0.4 is 10.9 Å². The minimum absolute atomic E-state index is 0.287. The molecule has 130 valence electrons. The van der Waals surface area contributed by atoms with E-state index in [1.807, 2.05) is 38.1 Å². The number of benzene rings is 2. The maximum absolute atomic E-state index is 12.7. The molecule has 0 saturated heterocycles. The van der Waals surface area contributed by atoms with E-state index < -0.39 is 5.63 Å². The highest BCUT2D eigenvalue weighted by atomic mass is 35.5. The first kappa shape index (κ1) is 16.8. The van der Waals surface area contributed by atoms with Gasteiger partial charge in [-0.1, -0.05) is 23.7 Å². The molecule has 1 amide bonds. The van der Waals surface area contributed by atoms with Crippen LogP contribution in [0.3, 0.4) is 0 Å². The van der Waals surface area contributed by atoms with Crippen LogP contribution in [0.15, 0.2) is 51.7 Å². The van der Waals surface area contributed by atoms with Gasteiger partial charge in [-0.2, -0.15) is 0 Å². The van der Waals surface area contributed by atoms with Gasteiger partial charge in [0.1, 0.15) is 10.5 Å². The summed E-state index contributed by atoms with van der Waals surface area (Å²) in [6.07, 6.45) is 0. The van der Waals surface area contributed by atoms with Crippen LogP contribution in [0.1, 0.15) is 20.8 Å². The molecule has 26 heavy (non-hydrogen) atoms. The maximum atomic E-state index is 12.7. The standard InChI is InChI=1S/C20H14ClNO3S/c1-10-4-3-5-15-17(10)18(21)19(26-15)20(24)22-12-6-7-13-11(2)8-16(23)25-14(13)9-12/h3-9H,1-2H3,(H,22,24). The topological polar surface area (TPSA) is 59.3 Å². The van der Waals surface area contributed by atoms with Crippen molar-refractivity contribution in [3.05, 3.63) is 73.9 Å². The Bertz CT molecular complexity index is 1240. The Balaban J connectivity index is 1.73. The Kier molecular flexibility index (Phi) is 4.05. The Labute approximate surface area is 158 Å². The van der Waals surface area contributed by atoms with Crippen LogP contribution in [0.5, 0.6) is 0 Å². The minimum Gasteiger partial charge on any atom is -0.423 e. The van der Waals surface area contributed by atoms with E-state index in [-0.39, 0.29) is 5.91 Å². The second-order valence-electron chi connectivity index (χ2n) is 6.11. The molecule has 0 bridgehead atoms. The molecule has 1 N–H and O–H groups in total. The lowest BCUT2D eigenvalue weighted by molar-refractivity contribution is 0.103. The van der Waals surface area contributed by atoms with Gasteiger partial charge in [-0.05, 0) is 43.2 Å². The summed E-state index contributed by atoms with van der Waals surface area (Å²) >= 11 is 7.81. The zero-order chi connectivity index (χ0) is 18.4. The Morgan fingerprint density at radius 1 is 1.12 bits per heavy atom. The van der Waals surface area contributed by atoms with E-state index in [0.29, 0.717) is 21.2 Å². The fraction of sp³-hybridized carbons (Fsp3) is 0.100. The molecule has 0 atom stereocenters. The molecule has 4 nitrogen and oxygen atoms in total. The molecule has 0 aliphatic heterocycles. The van der Waals surface area contributed by atoms with Crippen LogP contribution in [0.25, 0.3) is 21.1 Å². The lowest BCUT2D eigenvalue weighted by Crippen LogP contribution is -2.10. The van der Waals surface area contributed by atoms with E-state index in [2.05, 4.69) is 5.32 Å². The highest BCUT2D eigenvalue weighted by Crippen LogP contribution is 2.37. The van der Waals surface area contributed by atoms with Crippen molar-refractivity contribution in [2.24, 2.45) is 0 Å². The first-order valence-electron chi connectivity index (χ1n) is 7.97. The van der Waals surface area contributed by atoms with Crippen LogP contribution in [-0.4, -0.2) is 5.91 Å². The van der Waals surface area contributed by atoms with E-state index in [9.17, 15) is 9.59 Å². The van der Waals surface area contributed by atoms with Crippen molar-refractivity contribution in [1.29, 1.82) is 0 Å². The number of hydrogen-bond donors (Lipinski definition) is 1. The van der Waals surface area contributed by atoms with Gasteiger partial charge < -0.3 is 9.73 Å². The van der Waals surface area contributed by atoms with Gasteiger partial charge in [-0.15, -0.1) is 11.3 Å². The predicted molar refractivity (Wildman–Crippen MR) is 107 cm³/mol. The van der Waals surface area contributed by atoms with Crippen LogP contribution >= 0.6 is 22.9 Å². The van der Waals surface area contributed by atoms with Gasteiger partial charge in [-0.25, -0.2) is 4.79 Å². The molecule has 2 aromatic carbocycles. The minimum atomic E-state index is -0.415. The van der Waals surface area contributed by atoms with E-state index in [1.54, 1.807) is 12.1 Å². The molecule has 6 heteroatoms. The van der Waals surface area contributed by atoms with Gasteiger partial charge in [0.15, 0.2) is 0 Å². The molecular formula is C20H14ClNO3S. The summed E-state index contributed by atoms with van der Waals surface area (Å²) in [6, 6.07) is 12.5. The molecule has 4 rings (SSSR count). The number of anilines is 1. The summed E-state index contributed by atoms with van der Waals surface area (Å²) in [6.45, 7) is 3.81. The average Bonchev–Trinajstić information content (AvgIpc) is 2.92. The number of thiophene rings is 1. The zero-order valence-corrected chi connectivity index (χ0v) is 15.6. The van der Waals surface area contributed by atoms with E-state index >= 15 is 0 Å². The monoisotopic (exact) mass is 383 g/mol. The molecule has 2 aromatic heterocycles. The van der Waals surface area contributed by atoms with Crippen LogP contribution in [0.4, 0.5) is 5.69 Å². The van der Waals surface area contributed by atoms with Gasteiger partial charge in [0.25, 0.3) is 5.91 Å². The maximum Gasteiger partial charge on any atom is 0.336 e. The SMILES string of the molecule is Cc1cc(=O)oc2cc(NC(=O)c3sc4cccc(C)c4c3Cl)ccc12. The summed E-state index contributed by atoms with van der Waals surface area (Å²) in [4.78, 5) is 24.7. The number of amides is 1. The van der Waals surface area contributed by atoms with E-state index in [0.717, 1.165) is 26.6 Å². The lowest BCUT2D eigenvalue weighted by Gasteiger charge is -2.06. The van der Waals surface area contributed by atoms with E-state index in [1.165, 1.54) is 17.4 Å². The molecule has 0 aliphatic rings. The van der Waals surface area contributed by atoms with Crippen molar-refractivity contribution < 1.29 is 9.21 Å². The number of aryl methyl sites for hydroxylation is 2. The number of nitrogens with one attached hydrogen (secondary N) is 1. The van der Waals surface area contributed by atoms with Crippen molar-refractivity contribution in [2.75, 3.05) is 5.32 Å². The van der Waals surface area contributed by atoms with Crippen LogP contribution in [0, 0.1) is 13.8 Å². The molecule has 0 saturated carbocycles. The van der Waals surface area contributed by atoms with Crippen molar-refractivity contribution in [3.63, 3.8) is 0 Å². The zero-order valence-electron chi connectivity index (χ0n) is 14.1. The predicted octanol–water partition coefficient (Wildman–Crippen LogP) is 5.53. The molecule has 0 unspecified atom stereocenters. The van der Waals surface area contributed by atoms with Crippen molar-refractivity contribution >= 4 is 55.6 Å². The first-order valence-corrected chi connectivity index (χ1v) is 9.17. The Hall–Kier alpha value is -2.63. The van der Waals surface area contributed by atoms with Crippen LogP contribution in [0.2, 0.25) is 5.02 Å². The average molecular weight is 384 g/mol. The highest BCUT2D eigenvalue weighted by molar-refractivity contribution is 7.21. The van der Waals surface area contributed by atoms with Crippen LogP contribution in [-0.2, 0) is 0 Å². The first-order chi connectivity index (χ1) is 12.4. The van der Waals surface area contributed by atoms with E-state index in [4.69, 9.17) is 16.0 Å². The smallest absolute Gasteiger partial charge is 0.336 e. The lowest BCUT2D eigenvalue weighted by atomic mass is 10.1.